The summed E-state index contributed by atoms with van der Waals surface area (Å²) in [5.74, 6) is 0. The van der Waals surface area contributed by atoms with E-state index in [4.69, 9.17) is 4.74 Å². The molecule has 0 spiro atoms. The largest absolute Gasteiger partial charge is 0.468 e. The van der Waals surface area contributed by atoms with Crippen LogP contribution in [-0.2, 0) is 6.42 Å². The lowest BCUT2D eigenvalue weighted by molar-refractivity contribution is 0.305. The van der Waals surface area contributed by atoms with E-state index in [0.717, 1.165) is 31.7 Å². The van der Waals surface area contributed by atoms with Gasteiger partial charge in [-0.25, -0.2) is 4.98 Å². The third kappa shape index (κ3) is 3.66. The average molecular weight is 225 g/mol. The first kappa shape index (κ1) is 12.7. The van der Waals surface area contributed by atoms with Crippen LogP contribution in [0.1, 0.15) is 19.5 Å². The molecule has 0 atom stereocenters. The minimum atomic E-state index is -0.165. The van der Waals surface area contributed by atoms with Gasteiger partial charge in [0.05, 0.1) is 12.8 Å². The molecule has 5 heteroatoms. The van der Waals surface area contributed by atoms with Gasteiger partial charge >= 0.3 is 0 Å². The van der Waals surface area contributed by atoms with Gasteiger partial charge in [-0.1, -0.05) is 13.8 Å². The fourth-order valence-corrected chi connectivity index (χ4v) is 1.52. The lowest BCUT2D eigenvalue weighted by Gasteiger charge is -2.17. The van der Waals surface area contributed by atoms with Crippen LogP contribution < -0.4 is 10.3 Å². The Balaban J connectivity index is 2.66. The molecule has 16 heavy (non-hydrogen) atoms. The number of rotatable bonds is 6. The van der Waals surface area contributed by atoms with Crippen LogP contribution >= 0.6 is 0 Å². The second kappa shape index (κ2) is 6.27. The smallest absolute Gasteiger partial charge is 0.296 e. The highest BCUT2D eigenvalue weighted by atomic mass is 16.5. The second-order valence-electron chi connectivity index (χ2n) is 3.52. The summed E-state index contributed by atoms with van der Waals surface area (Å²) in [6.45, 7) is 7.17. The van der Waals surface area contributed by atoms with Gasteiger partial charge in [0.2, 0.25) is 0 Å². The predicted octanol–water partition coefficient (Wildman–Crippen LogP) is 0.663. The Bertz CT molecular complexity index is 372. The van der Waals surface area contributed by atoms with Gasteiger partial charge in [-0.05, 0) is 13.1 Å². The van der Waals surface area contributed by atoms with Crippen LogP contribution in [-0.4, -0.2) is 41.6 Å². The van der Waals surface area contributed by atoms with Crippen LogP contribution in [0.2, 0.25) is 0 Å². The molecule has 0 aliphatic heterocycles. The van der Waals surface area contributed by atoms with E-state index in [1.807, 2.05) is 0 Å². The highest BCUT2D eigenvalue weighted by Gasteiger charge is 2.04. The number of nitrogens with one attached hydrogen (secondary N) is 1. The SMILES string of the molecule is CCN(CC)CCc1cc(=O)[nH]c(OC)n1. The van der Waals surface area contributed by atoms with Crippen LogP contribution in [0.3, 0.4) is 0 Å². The van der Waals surface area contributed by atoms with E-state index < -0.39 is 0 Å². The Kier molecular flexibility index (Phi) is 4.98. The van der Waals surface area contributed by atoms with E-state index in [2.05, 4.69) is 28.7 Å². The van der Waals surface area contributed by atoms with Crippen molar-refractivity contribution in [3.8, 4) is 6.01 Å². The van der Waals surface area contributed by atoms with Crippen LogP contribution in [0.25, 0.3) is 0 Å². The summed E-state index contributed by atoms with van der Waals surface area (Å²) >= 11 is 0. The molecule has 5 nitrogen and oxygen atoms in total. The normalized spacial score (nSPS) is 10.8. The Hall–Kier alpha value is -1.36. The molecule has 0 saturated heterocycles. The zero-order chi connectivity index (χ0) is 12.0. The van der Waals surface area contributed by atoms with Crippen LogP contribution in [0.5, 0.6) is 6.01 Å². The maximum Gasteiger partial charge on any atom is 0.296 e. The zero-order valence-electron chi connectivity index (χ0n) is 10.1. The predicted molar refractivity (Wildman–Crippen MR) is 62.9 cm³/mol. The monoisotopic (exact) mass is 225 g/mol. The lowest BCUT2D eigenvalue weighted by atomic mass is 10.3. The summed E-state index contributed by atoms with van der Waals surface area (Å²) in [4.78, 5) is 20.3. The Morgan fingerprint density at radius 1 is 1.44 bits per heavy atom. The standard InChI is InChI=1S/C11H19N3O2/c1-4-14(5-2)7-6-9-8-10(15)13-11(12-9)16-3/h8H,4-7H2,1-3H3,(H,12,13,15). The van der Waals surface area contributed by atoms with Crippen molar-refractivity contribution in [3.63, 3.8) is 0 Å². The van der Waals surface area contributed by atoms with E-state index in [0.29, 0.717) is 0 Å². The average Bonchev–Trinajstić information content (AvgIpc) is 2.29. The van der Waals surface area contributed by atoms with Crippen molar-refractivity contribution < 1.29 is 4.74 Å². The van der Waals surface area contributed by atoms with Crippen molar-refractivity contribution in [3.05, 3.63) is 22.1 Å². The molecule has 1 N–H and O–H groups in total. The number of ether oxygens (including phenoxy) is 1. The Morgan fingerprint density at radius 2 is 2.12 bits per heavy atom. The molecule has 1 aromatic heterocycles. The van der Waals surface area contributed by atoms with Crippen molar-refractivity contribution in [1.82, 2.24) is 14.9 Å². The first-order chi connectivity index (χ1) is 7.69. The van der Waals surface area contributed by atoms with Crippen molar-refractivity contribution in [2.45, 2.75) is 20.3 Å². The molecule has 0 saturated carbocycles. The van der Waals surface area contributed by atoms with Gasteiger partial charge in [-0.2, -0.15) is 0 Å². The summed E-state index contributed by atoms with van der Waals surface area (Å²) in [6.07, 6.45) is 0.766. The molecule has 0 amide bonds. The van der Waals surface area contributed by atoms with Crippen LogP contribution in [0, 0.1) is 0 Å². The summed E-state index contributed by atoms with van der Waals surface area (Å²) in [7, 11) is 1.49. The summed E-state index contributed by atoms with van der Waals surface area (Å²) in [6, 6.07) is 1.80. The maximum absolute atomic E-state index is 11.3. The molecular weight excluding hydrogens is 206 g/mol. The van der Waals surface area contributed by atoms with Gasteiger partial charge in [-0.15, -0.1) is 0 Å². The molecule has 1 heterocycles. The van der Waals surface area contributed by atoms with Crippen LogP contribution in [0.4, 0.5) is 0 Å². The first-order valence-electron chi connectivity index (χ1n) is 5.56. The van der Waals surface area contributed by atoms with Gasteiger partial charge in [0.15, 0.2) is 0 Å². The van der Waals surface area contributed by atoms with Gasteiger partial charge in [0.1, 0.15) is 0 Å². The van der Waals surface area contributed by atoms with Crippen molar-refractivity contribution in [2.24, 2.45) is 0 Å². The molecule has 0 aromatic carbocycles. The summed E-state index contributed by atoms with van der Waals surface area (Å²) in [5.41, 5.74) is 0.605. The number of H-pyrrole nitrogens is 1. The maximum atomic E-state index is 11.3. The Labute approximate surface area is 95.5 Å². The summed E-state index contributed by atoms with van der Waals surface area (Å²) < 4.78 is 4.91. The molecule has 0 fully saturated rings. The third-order valence-corrected chi connectivity index (χ3v) is 2.54. The van der Waals surface area contributed by atoms with Crippen molar-refractivity contribution in [1.29, 1.82) is 0 Å². The van der Waals surface area contributed by atoms with Gasteiger partial charge in [-0.3, -0.25) is 9.78 Å². The number of aromatic amines is 1. The summed E-state index contributed by atoms with van der Waals surface area (Å²) in [5, 5.41) is 0. The van der Waals surface area contributed by atoms with Gasteiger partial charge < -0.3 is 9.64 Å². The number of nitrogens with zero attached hydrogens (tertiary/aromatic N) is 2. The fourth-order valence-electron chi connectivity index (χ4n) is 1.52. The minimum absolute atomic E-state index is 0.165. The highest BCUT2D eigenvalue weighted by Crippen LogP contribution is 2.01. The van der Waals surface area contributed by atoms with E-state index in [1.54, 1.807) is 0 Å². The topological polar surface area (TPSA) is 58.2 Å². The van der Waals surface area contributed by atoms with Gasteiger partial charge in [0, 0.05) is 19.0 Å². The lowest BCUT2D eigenvalue weighted by Crippen LogP contribution is -2.26. The van der Waals surface area contributed by atoms with Crippen molar-refractivity contribution in [2.75, 3.05) is 26.7 Å². The van der Waals surface area contributed by atoms with E-state index in [1.165, 1.54) is 13.2 Å². The number of aromatic nitrogens is 2. The molecule has 0 aliphatic carbocycles. The fraction of sp³-hybridized carbons (Fsp3) is 0.636. The van der Waals surface area contributed by atoms with E-state index in [9.17, 15) is 4.79 Å². The molecule has 90 valence electrons. The van der Waals surface area contributed by atoms with E-state index in [-0.39, 0.29) is 11.6 Å². The third-order valence-electron chi connectivity index (χ3n) is 2.54. The first-order valence-corrected chi connectivity index (χ1v) is 5.56. The quantitative estimate of drug-likeness (QED) is 0.772. The molecule has 0 bridgehead atoms. The number of likely N-dealkylation sites (N-methyl/N-ethyl adjacent to an activating group) is 1. The molecular formula is C11H19N3O2. The second-order valence-corrected chi connectivity index (χ2v) is 3.52. The molecule has 0 aliphatic rings. The molecule has 1 rings (SSSR count). The van der Waals surface area contributed by atoms with Crippen molar-refractivity contribution >= 4 is 0 Å². The molecule has 1 aromatic rings. The van der Waals surface area contributed by atoms with Crippen LogP contribution in [0.15, 0.2) is 10.9 Å². The Morgan fingerprint density at radius 3 is 2.69 bits per heavy atom. The molecule has 0 radical (unpaired) electrons. The number of hydrogen-bond donors (Lipinski definition) is 1. The minimum Gasteiger partial charge on any atom is -0.468 e. The van der Waals surface area contributed by atoms with Gasteiger partial charge in [0.25, 0.3) is 11.6 Å². The molecule has 0 unspecified atom stereocenters. The van der Waals surface area contributed by atoms with E-state index >= 15 is 0 Å². The number of methoxy groups -OCH3 is 1. The zero-order valence-corrected chi connectivity index (χ0v) is 10.1. The number of hydrogen-bond acceptors (Lipinski definition) is 4. The highest BCUT2D eigenvalue weighted by molar-refractivity contribution is 5.06.